The molecule has 0 radical (unpaired) electrons. The number of nitrogens with zero attached hydrogens (tertiary/aromatic N) is 1. The topological polar surface area (TPSA) is 58.6 Å². The minimum absolute atomic E-state index is 0.0671. The van der Waals surface area contributed by atoms with Crippen LogP contribution in [0.4, 0.5) is 10.1 Å². The molecular formula is C19H19FN2O3. The number of morpholine rings is 1. The van der Waals surface area contributed by atoms with Crippen molar-refractivity contribution < 1.29 is 18.7 Å². The maximum Gasteiger partial charge on any atom is 0.253 e. The molecule has 0 aromatic heterocycles. The molecule has 5 nitrogen and oxygen atoms in total. The third-order valence-electron chi connectivity index (χ3n) is 4.04. The molecule has 1 saturated heterocycles. The van der Waals surface area contributed by atoms with E-state index in [4.69, 9.17) is 4.74 Å². The quantitative estimate of drug-likeness (QED) is 0.927. The van der Waals surface area contributed by atoms with Gasteiger partial charge in [0.15, 0.2) is 0 Å². The summed E-state index contributed by atoms with van der Waals surface area (Å²) in [6, 6.07) is 13.0. The van der Waals surface area contributed by atoms with Crippen molar-refractivity contribution in [2.45, 2.75) is 13.0 Å². The van der Waals surface area contributed by atoms with E-state index in [0.29, 0.717) is 17.8 Å². The Morgan fingerprint density at radius 3 is 2.76 bits per heavy atom. The van der Waals surface area contributed by atoms with Gasteiger partial charge in [-0.1, -0.05) is 17.7 Å². The highest BCUT2D eigenvalue weighted by atomic mass is 19.1. The number of nitrogens with one attached hydrogen (secondary N) is 1. The minimum Gasteiger partial charge on any atom is -0.365 e. The number of amides is 2. The molecule has 0 bridgehead atoms. The van der Waals surface area contributed by atoms with Gasteiger partial charge in [-0.3, -0.25) is 9.59 Å². The summed E-state index contributed by atoms with van der Waals surface area (Å²) in [5.74, 6) is -0.725. The van der Waals surface area contributed by atoms with Gasteiger partial charge in [0.05, 0.1) is 12.6 Å². The van der Waals surface area contributed by atoms with Crippen LogP contribution in [0, 0.1) is 12.7 Å². The fourth-order valence-electron chi connectivity index (χ4n) is 2.71. The summed E-state index contributed by atoms with van der Waals surface area (Å²) in [5.41, 5.74) is 2.21. The van der Waals surface area contributed by atoms with Crippen molar-refractivity contribution in [3.63, 3.8) is 0 Å². The molecule has 1 fully saturated rings. The van der Waals surface area contributed by atoms with Gasteiger partial charge < -0.3 is 15.0 Å². The maximum atomic E-state index is 13.1. The summed E-state index contributed by atoms with van der Waals surface area (Å²) in [4.78, 5) is 25.8. The Balaban J connectivity index is 1.61. The normalized spacial score (nSPS) is 17.4. The van der Waals surface area contributed by atoms with E-state index in [-0.39, 0.29) is 36.9 Å². The molecule has 2 aromatic carbocycles. The second kappa shape index (κ2) is 7.44. The van der Waals surface area contributed by atoms with Crippen molar-refractivity contribution in [2.24, 2.45) is 0 Å². The molecule has 1 atom stereocenters. The van der Waals surface area contributed by atoms with Crippen LogP contribution in [0.5, 0.6) is 0 Å². The molecule has 2 amide bonds. The fraction of sp³-hybridized carbons (Fsp3) is 0.263. The molecule has 0 spiro atoms. The Kier molecular flexibility index (Phi) is 5.09. The van der Waals surface area contributed by atoms with Gasteiger partial charge in [0, 0.05) is 17.8 Å². The third-order valence-corrected chi connectivity index (χ3v) is 4.04. The number of ether oxygens (including phenoxy) is 1. The molecule has 0 aliphatic carbocycles. The first-order valence-corrected chi connectivity index (χ1v) is 8.05. The molecule has 0 saturated carbocycles. The summed E-state index contributed by atoms with van der Waals surface area (Å²) in [5, 5.41) is 2.83. The van der Waals surface area contributed by atoms with Crippen molar-refractivity contribution in [3.05, 3.63) is 65.5 Å². The van der Waals surface area contributed by atoms with Crippen molar-refractivity contribution >= 4 is 17.5 Å². The monoisotopic (exact) mass is 342 g/mol. The lowest BCUT2D eigenvalue weighted by Gasteiger charge is -2.32. The lowest BCUT2D eigenvalue weighted by Crippen LogP contribution is -2.50. The van der Waals surface area contributed by atoms with Crippen LogP contribution in [0.2, 0.25) is 0 Å². The summed E-state index contributed by atoms with van der Waals surface area (Å²) >= 11 is 0. The van der Waals surface area contributed by atoms with Gasteiger partial charge in [-0.25, -0.2) is 4.39 Å². The van der Waals surface area contributed by atoms with Crippen LogP contribution < -0.4 is 10.2 Å². The van der Waals surface area contributed by atoms with Crippen molar-refractivity contribution in [3.8, 4) is 0 Å². The molecule has 1 aliphatic rings. The molecule has 3 rings (SSSR count). The first kappa shape index (κ1) is 17.1. The highest BCUT2D eigenvalue weighted by molar-refractivity contribution is 5.95. The minimum atomic E-state index is -0.355. The highest BCUT2D eigenvalue weighted by Crippen LogP contribution is 2.19. The van der Waals surface area contributed by atoms with E-state index in [0.717, 1.165) is 5.56 Å². The summed E-state index contributed by atoms with van der Waals surface area (Å²) in [6.45, 7) is 2.45. The zero-order valence-electron chi connectivity index (χ0n) is 13.9. The number of carbonyl (C=O) groups is 2. The molecule has 1 unspecified atom stereocenters. The van der Waals surface area contributed by atoms with Crippen molar-refractivity contribution in [1.82, 2.24) is 5.32 Å². The van der Waals surface area contributed by atoms with Gasteiger partial charge in [-0.05, 0) is 43.3 Å². The summed E-state index contributed by atoms with van der Waals surface area (Å²) < 4.78 is 18.5. The van der Waals surface area contributed by atoms with E-state index in [9.17, 15) is 14.0 Å². The Morgan fingerprint density at radius 1 is 1.28 bits per heavy atom. The first-order valence-electron chi connectivity index (χ1n) is 8.05. The van der Waals surface area contributed by atoms with Crippen LogP contribution in [0.1, 0.15) is 15.9 Å². The van der Waals surface area contributed by atoms with Crippen LogP contribution in [0.3, 0.4) is 0 Å². The SMILES string of the molecule is Cc1cccc(C(=O)NCC2CN(c3ccc(F)cc3)C(=O)CO2)c1. The van der Waals surface area contributed by atoms with E-state index < -0.39 is 0 Å². The van der Waals surface area contributed by atoms with E-state index in [2.05, 4.69) is 5.32 Å². The molecule has 1 aliphatic heterocycles. The standard InChI is InChI=1S/C19H19FN2O3/c1-13-3-2-4-14(9-13)19(24)21-10-17-11-22(18(23)12-25-17)16-7-5-15(20)6-8-16/h2-9,17H,10-12H2,1H3,(H,21,24). The van der Waals surface area contributed by atoms with E-state index in [1.807, 2.05) is 25.1 Å². The Hall–Kier alpha value is -2.73. The second-order valence-corrected chi connectivity index (χ2v) is 5.99. The molecular weight excluding hydrogens is 323 g/mol. The van der Waals surface area contributed by atoms with Crippen LogP contribution >= 0.6 is 0 Å². The average molecular weight is 342 g/mol. The zero-order valence-corrected chi connectivity index (χ0v) is 13.9. The van der Waals surface area contributed by atoms with Crippen LogP contribution in [0.25, 0.3) is 0 Å². The van der Waals surface area contributed by atoms with E-state index in [1.54, 1.807) is 23.1 Å². The first-order chi connectivity index (χ1) is 12.0. The lowest BCUT2D eigenvalue weighted by molar-refractivity contribution is -0.129. The van der Waals surface area contributed by atoms with Gasteiger partial charge >= 0.3 is 0 Å². The lowest BCUT2D eigenvalue weighted by atomic mass is 10.1. The molecule has 1 N–H and O–H groups in total. The van der Waals surface area contributed by atoms with Crippen molar-refractivity contribution in [1.29, 1.82) is 0 Å². The number of benzene rings is 2. The Labute approximate surface area is 145 Å². The molecule has 2 aromatic rings. The van der Waals surface area contributed by atoms with Crippen LogP contribution in [-0.2, 0) is 9.53 Å². The fourth-order valence-corrected chi connectivity index (χ4v) is 2.71. The number of anilines is 1. The average Bonchev–Trinajstić information content (AvgIpc) is 2.61. The molecule has 1 heterocycles. The van der Waals surface area contributed by atoms with Gasteiger partial charge in [-0.15, -0.1) is 0 Å². The van der Waals surface area contributed by atoms with Crippen LogP contribution in [-0.4, -0.2) is 37.6 Å². The third kappa shape index (κ3) is 4.22. The van der Waals surface area contributed by atoms with E-state index in [1.165, 1.54) is 12.1 Å². The molecule has 130 valence electrons. The largest absolute Gasteiger partial charge is 0.365 e. The number of halogens is 1. The molecule has 6 heteroatoms. The second-order valence-electron chi connectivity index (χ2n) is 5.99. The summed E-state index contributed by atoms with van der Waals surface area (Å²) in [6.07, 6.45) is -0.323. The van der Waals surface area contributed by atoms with Gasteiger partial charge in [0.25, 0.3) is 11.8 Å². The number of rotatable bonds is 4. The number of carbonyl (C=O) groups excluding carboxylic acids is 2. The van der Waals surface area contributed by atoms with Crippen molar-refractivity contribution in [2.75, 3.05) is 24.6 Å². The molecule has 25 heavy (non-hydrogen) atoms. The van der Waals surface area contributed by atoms with E-state index >= 15 is 0 Å². The number of hydrogen-bond acceptors (Lipinski definition) is 3. The summed E-state index contributed by atoms with van der Waals surface area (Å²) in [7, 11) is 0. The Bertz CT molecular complexity index is 776. The number of hydrogen-bond donors (Lipinski definition) is 1. The smallest absolute Gasteiger partial charge is 0.253 e. The van der Waals surface area contributed by atoms with Crippen LogP contribution in [0.15, 0.2) is 48.5 Å². The van der Waals surface area contributed by atoms with Gasteiger partial charge in [-0.2, -0.15) is 0 Å². The number of aryl methyl sites for hydroxylation is 1. The highest BCUT2D eigenvalue weighted by Gasteiger charge is 2.27. The maximum absolute atomic E-state index is 13.1. The predicted octanol–water partition coefficient (Wildman–Crippen LogP) is 2.30. The zero-order chi connectivity index (χ0) is 17.8. The predicted molar refractivity (Wildman–Crippen MR) is 92.0 cm³/mol. The van der Waals surface area contributed by atoms with Gasteiger partial charge in [0.1, 0.15) is 12.4 Å². The Morgan fingerprint density at radius 2 is 2.04 bits per heavy atom. The van der Waals surface area contributed by atoms with Gasteiger partial charge in [0.2, 0.25) is 0 Å².